The van der Waals surface area contributed by atoms with Gasteiger partial charge in [-0.25, -0.2) is 8.78 Å². The van der Waals surface area contributed by atoms with E-state index < -0.39 is 17.0 Å². The maximum atomic E-state index is 14.0. The SMILES string of the molecule is CC1(C)C2CCC1(CO)c1nnc(-c3c(F)cccc3F)cc12. The molecule has 2 atom stereocenters. The lowest BCUT2D eigenvalue weighted by atomic mass is 9.69. The van der Waals surface area contributed by atoms with Gasteiger partial charge in [-0.1, -0.05) is 19.9 Å². The number of aromatic nitrogens is 2. The molecule has 0 amide bonds. The first kappa shape index (κ1) is 14.7. The summed E-state index contributed by atoms with van der Waals surface area (Å²) in [6.07, 6.45) is 1.82. The van der Waals surface area contributed by atoms with E-state index in [-0.39, 0.29) is 29.2 Å². The van der Waals surface area contributed by atoms with Gasteiger partial charge >= 0.3 is 0 Å². The van der Waals surface area contributed by atoms with Crippen LogP contribution in [0.15, 0.2) is 24.3 Å². The van der Waals surface area contributed by atoms with Crippen molar-refractivity contribution in [3.8, 4) is 11.3 Å². The first-order valence-corrected chi connectivity index (χ1v) is 7.86. The molecule has 2 aromatic rings. The number of fused-ring (bicyclic) bond motifs is 5. The van der Waals surface area contributed by atoms with Crippen LogP contribution in [0.2, 0.25) is 0 Å². The zero-order valence-electron chi connectivity index (χ0n) is 13.1. The topological polar surface area (TPSA) is 46.0 Å². The van der Waals surface area contributed by atoms with Gasteiger partial charge in [-0.05, 0) is 47.9 Å². The van der Waals surface area contributed by atoms with E-state index in [2.05, 4.69) is 24.0 Å². The van der Waals surface area contributed by atoms with Crippen molar-refractivity contribution in [2.24, 2.45) is 5.41 Å². The Hall–Kier alpha value is -1.88. The van der Waals surface area contributed by atoms with E-state index >= 15 is 0 Å². The van der Waals surface area contributed by atoms with Gasteiger partial charge in [0.15, 0.2) is 0 Å². The minimum atomic E-state index is -0.640. The Morgan fingerprint density at radius 3 is 2.57 bits per heavy atom. The number of benzene rings is 1. The smallest absolute Gasteiger partial charge is 0.135 e. The first-order valence-electron chi connectivity index (χ1n) is 7.86. The standard InChI is InChI=1S/C18H18F2N2O/c1-17(2)11-6-7-18(17,9-23)16-10(11)8-14(21-22-16)15-12(19)4-3-5-13(15)20/h3-5,8,11,23H,6-7,9H2,1-2H3. The minimum Gasteiger partial charge on any atom is -0.395 e. The van der Waals surface area contributed by atoms with Gasteiger partial charge in [0, 0.05) is 5.41 Å². The fourth-order valence-corrected chi connectivity index (χ4v) is 4.64. The lowest BCUT2D eigenvalue weighted by Gasteiger charge is -2.35. The Balaban J connectivity index is 1.92. The van der Waals surface area contributed by atoms with Crippen LogP contribution in [-0.4, -0.2) is 21.9 Å². The maximum absolute atomic E-state index is 14.0. The summed E-state index contributed by atoms with van der Waals surface area (Å²) in [7, 11) is 0. The average Bonchev–Trinajstić information content (AvgIpc) is 2.88. The highest BCUT2D eigenvalue weighted by Crippen LogP contribution is 2.67. The number of aliphatic hydroxyl groups excluding tert-OH is 1. The van der Waals surface area contributed by atoms with Gasteiger partial charge in [0.25, 0.3) is 0 Å². The van der Waals surface area contributed by atoms with Crippen LogP contribution in [0.5, 0.6) is 0 Å². The van der Waals surface area contributed by atoms with Gasteiger partial charge < -0.3 is 5.11 Å². The maximum Gasteiger partial charge on any atom is 0.135 e. The van der Waals surface area contributed by atoms with E-state index in [0.717, 1.165) is 24.1 Å². The number of halogens is 2. The third kappa shape index (κ3) is 1.66. The van der Waals surface area contributed by atoms with Crippen LogP contribution in [0.25, 0.3) is 11.3 Å². The highest BCUT2D eigenvalue weighted by Gasteiger charge is 2.63. The van der Waals surface area contributed by atoms with Gasteiger partial charge in [0.2, 0.25) is 0 Å². The van der Waals surface area contributed by atoms with Crippen LogP contribution in [0, 0.1) is 17.0 Å². The van der Waals surface area contributed by atoms with E-state index in [4.69, 9.17) is 0 Å². The molecule has 4 rings (SSSR count). The summed E-state index contributed by atoms with van der Waals surface area (Å²) < 4.78 is 28.0. The fraction of sp³-hybridized carbons (Fsp3) is 0.444. The van der Waals surface area contributed by atoms with Crippen molar-refractivity contribution in [3.05, 3.63) is 47.2 Å². The Bertz CT molecular complexity index is 785. The molecule has 0 saturated heterocycles. The normalized spacial score (nSPS) is 27.3. The second kappa shape index (κ2) is 4.57. The molecule has 2 unspecified atom stereocenters. The average molecular weight is 316 g/mol. The summed E-state index contributed by atoms with van der Waals surface area (Å²) >= 11 is 0. The summed E-state index contributed by atoms with van der Waals surface area (Å²) in [5.74, 6) is -1.05. The molecule has 1 saturated carbocycles. The van der Waals surface area contributed by atoms with E-state index in [9.17, 15) is 13.9 Å². The Labute approximate surface area is 133 Å². The minimum absolute atomic E-state index is 0.0194. The third-order valence-corrected chi connectivity index (χ3v) is 6.11. The summed E-state index contributed by atoms with van der Waals surface area (Å²) in [6, 6.07) is 5.53. The molecule has 2 aliphatic carbocycles. The number of hydrogen-bond donors (Lipinski definition) is 1. The van der Waals surface area contributed by atoms with E-state index in [1.165, 1.54) is 18.2 Å². The third-order valence-electron chi connectivity index (χ3n) is 6.11. The summed E-state index contributed by atoms with van der Waals surface area (Å²) in [4.78, 5) is 0. The van der Waals surface area contributed by atoms with Crippen LogP contribution >= 0.6 is 0 Å². The molecule has 3 nitrogen and oxygen atoms in total. The van der Waals surface area contributed by atoms with Crippen molar-refractivity contribution < 1.29 is 13.9 Å². The predicted octanol–water partition coefficient (Wildman–Crippen LogP) is 3.57. The molecule has 2 aliphatic rings. The van der Waals surface area contributed by atoms with Crippen LogP contribution in [0.1, 0.15) is 43.9 Å². The number of aliphatic hydroxyl groups is 1. The predicted molar refractivity (Wildman–Crippen MR) is 81.9 cm³/mol. The molecule has 23 heavy (non-hydrogen) atoms. The second-order valence-corrected chi connectivity index (χ2v) is 7.18. The van der Waals surface area contributed by atoms with Gasteiger partial charge in [-0.3, -0.25) is 0 Å². The summed E-state index contributed by atoms with van der Waals surface area (Å²) in [5, 5.41) is 18.4. The molecule has 1 aromatic heterocycles. The molecule has 1 fully saturated rings. The summed E-state index contributed by atoms with van der Waals surface area (Å²) in [5.41, 5.74) is 1.32. The molecular formula is C18H18F2N2O. The molecule has 0 aliphatic heterocycles. The molecule has 2 bridgehead atoms. The molecule has 1 heterocycles. The van der Waals surface area contributed by atoms with Crippen LogP contribution in [0.3, 0.4) is 0 Å². The molecule has 1 aromatic carbocycles. The van der Waals surface area contributed by atoms with Crippen molar-refractivity contribution in [2.75, 3.05) is 6.61 Å². The highest BCUT2D eigenvalue weighted by atomic mass is 19.1. The monoisotopic (exact) mass is 316 g/mol. The molecular weight excluding hydrogens is 298 g/mol. The molecule has 5 heteroatoms. The van der Waals surface area contributed by atoms with Gasteiger partial charge in [0.1, 0.15) is 11.6 Å². The van der Waals surface area contributed by atoms with Gasteiger partial charge in [0.05, 0.1) is 23.6 Å². The van der Waals surface area contributed by atoms with E-state index in [0.29, 0.717) is 0 Å². The van der Waals surface area contributed by atoms with Crippen molar-refractivity contribution in [1.29, 1.82) is 0 Å². The van der Waals surface area contributed by atoms with Crippen LogP contribution < -0.4 is 0 Å². The molecule has 0 radical (unpaired) electrons. The molecule has 0 spiro atoms. The van der Waals surface area contributed by atoms with Gasteiger partial charge in [-0.15, -0.1) is 0 Å². The number of hydrogen-bond acceptors (Lipinski definition) is 3. The summed E-state index contributed by atoms with van der Waals surface area (Å²) in [6.45, 7) is 4.28. The van der Waals surface area contributed by atoms with Crippen LogP contribution in [-0.2, 0) is 5.41 Å². The Kier molecular flexibility index (Phi) is 2.92. The van der Waals surface area contributed by atoms with Gasteiger partial charge in [-0.2, -0.15) is 10.2 Å². The van der Waals surface area contributed by atoms with Crippen molar-refractivity contribution in [1.82, 2.24) is 10.2 Å². The quantitative estimate of drug-likeness (QED) is 0.921. The number of rotatable bonds is 2. The van der Waals surface area contributed by atoms with Crippen molar-refractivity contribution in [2.45, 2.75) is 38.0 Å². The largest absolute Gasteiger partial charge is 0.395 e. The lowest BCUT2D eigenvalue weighted by Crippen LogP contribution is -2.39. The van der Waals surface area contributed by atoms with E-state index in [1.807, 2.05) is 0 Å². The van der Waals surface area contributed by atoms with Crippen molar-refractivity contribution in [3.63, 3.8) is 0 Å². The molecule has 120 valence electrons. The number of nitrogens with zero attached hydrogens (tertiary/aromatic N) is 2. The van der Waals surface area contributed by atoms with Crippen molar-refractivity contribution >= 4 is 0 Å². The molecule has 1 N–H and O–H groups in total. The highest BCUT2D eigenvalue weighted by molar-refractivity contribution is 5.63. The zero-order valence-corrected chi connectivity index (χ0v) is 13.1. The lowest BCUT2D eigenvalue weighted by molar-refractivity contribution is 0.107. The zero-order chi connectivity index (χ0) is 16.4. The Morgan fingerprint density at radius 2 is 1.91 bits per heavy atom. The second-order valence-electron chi connectivity index (χ2n) is 7.18. The first-order chi connectivity index (χ1) is 10.9. The Morgan fingerprint density at radius 1 is 1.22 bits per heavy atom. The van der Waals surface area contributed by atoms with Crippen LogP contribution in [0.4, 0.5) is 8.78 Å². The fourth-order valence-electron chi connectivity index (χ4n) is 4.64. The van der Waals surface area contributed by atoms with E-state index in [1.54, 1.807) is 6.07 Å².